The molecule has 2 N–H and O–H groups in total. The Morgan fingerprint density at radius 1 is 1.35 bits per heavy atom. The van der Waals surface area contributed by atoms with Crippen molar-refractivity contribution in [3.63, 3.8) is 0 Å². The third-order valence-corrected chi connectivity index (χ3v) is 3.08. The van der Waals surface area contributed by atoms with Crippen molar-refractivity contribution in [2.45, 2.75) is 58.2 Å². The van der Waals surface area contributed by atoms with E-state index in [1.54, 1.807) is 0 Å². The Labute approximate surface area is 102 Å². The molecular formula is C12H22N4O. The standard InChI is InChI=1S/C12H22N4O/c1-12(2,3)16-10(14-15-11(16)8-13)7-9-5-4-6-17-9/h9H,4-8,13H2,1-3H3. The minimum atomic E-state index is -0.0356. The molecule has 17 heavy (non-hydrogen) atoms. The molecule has 0 radical (unpaired) electrons. The van der Waals surface area contributed by atoms with Crippen LogP contribution in [-0.2, 0) is 23.2 Å². The van der Waals surface area contributed by atoms with Crippen LogP contribution in [0, 0.1) is 0 Å². The van der Waals surface area contributed by atoms with Gasteiger partial charge in [-0.25, -0.2) is 0 Å². The lowest BCUT2D eigenvalue weighted by Gasteiger charge is -2.25. The molecule has 1 fully saturated rings. The van der Waals surface area contributed by atoms with Crippen molar-refractivity contribution < 1.29 is 4.74 Å². The fourth-order valence-electron chi connectivity index (χ4n) is 2.40. The lowest BCUT2D eigenvalue weighted by molar-refractivity contribution is 0.108. The summed E-state index contributed by atoms with van der Waals surface area (Å²) in [5.74, 6) is 1.84. The van der Waals surface area contributed by atoms with Crippen molar-refractivity contribution >= 4 is 0 Å². The van der Waals surface area contributed by atoms with Gasteiger partial charge in [0.25, 0.3) is 0 Å². The van der Waals surface area contributed by atoms with Crippen molar-refractivity contribution in [3.8, 4) is 0 Å². The molecule has 0 bridgehead atoms. The maximum absolute atomic E-state index is 5.71. The van der Waals surface area contributed by atoms with Crippen LogP contribution in [0.2, 0.25) is 0 Å². The summed E-state index contributed by atoms with van der Waals surface area (Å²) in [7, 11) is 0. The largest absolute Gasteiger partial charge is 0.378 e. The fraction of sp³-hybridized carbons (Fsp3) is 0.833. The van der Waals surface area contributed by atoms with E-state index < -0.39 is 0 Å². The molecule has 1 aliphatic heterocycles. The first-order chi connectivity index (χ1) is 8.02. The van der Waals surface area contributed by atoms with Gasteiger partial charge in [-0.15, -0.1) is 10.2 Å². The van der Waals surface area contributed by atoms with Crippen molar-refractivity contribution in [1.82, 2.24) is 14.8 Å². The number of nitrogens with two attached hydrogens (primary N) is 1. The predicted molar refractivity (Wildman–Crippen MR) is 65.6 cm³/mol. The van der Waals surface area contributed by atoms with Gasteiger partial charge >= 0.3 is 0 Å². The highest BCUT2D eigenvalue weighted by Gasteiger charge is 2.25. The molecule has 2 rings (SSSR count). The molecule has 5 nitrogen and oxygen atoms in total. The summed E-state index contributed by atoms with van der Waals surface area (Å²) in [6.45, 7) is 7.74. The zero-order chi connectivity index (χ0) is 12.5. The summed E-state index contributed by atoms with van der Waals surface area (Å²) in [4.78, 5) is 0. The van der Waals surface area contributed by atoms with E-state index in [0.29, 0.717) is 12.6 Å². The zero-order valence-electron chi connectivity index (χ0n) is 10.9. The molecule has 1 unspecified atom stereocenters. The van der Waals surface area contributed by atoms with Crippen LogP contribution in [0.1, 0.15) is 45.3 Å². The third kappa shape index (κ3) is 2.66. The first-order valence-electron chi connectivity index (χ1n) is 6.27. The van der Waals surface area contributed by atoms with E-state index in [1.807, 2.05) is 0 Å². The molecule has 1 atom stereocenters. The van der Waals surface area contributed by atoms with Gasteiger partial charge in [0.1, 0.15) is 11.6 Å². The molecule has 1 aromatic heterocycles. The van der Waals surface area contributed by atoms with Gasteiger partial charge in [0, 0.05) is 18.6 Å². The minimum absolute atomic E-state index is 0.0356. The highest BCUT2D eigenvalue weighted by atomic mass is 16.5. The molecule has 96 valence electrons. The molecule has 5 heteroatoms. The number of ether oxygens (including phenoxy) is 1. The molecule has 1 aliphatic rings. The number of hydrogen-bond acceptors (Lipinski definition) is 4. The number of aromatic nitrogens is 3. The quantitative estimate of drug-likeness (QED) is 0.859. The predicted octanol–water partition coefficient (Wildman–Crippen LogP) is 1.21. The Bertz CT molecular complexity index is 374. The van der Waals surface area contributed by atoms with Gasteiger partial charge in [0.2, 0.25) is 0 Å². The molecule has 2 heterocycles. The van der Waals surface area contributed by atoms with Gasteiger partial charge in [-0.2, -0.15) is 0 Å². The van der Waals surface area contributed by atoms with Crippen LogP contribution in [-0.4, -0.2) is 27.5 Å². The van der Waals surface area contributed by atoms with Crippen LogP contribution >= 0.6 is 0 Å². The Morgan fingerprint density at radius 2 is 2.06 bits per heavy atom. The lowest BCUT2D eigenvalue weighted by atomic mass is 10.1. The van der Waals surface area contributed by atoms with Gasteiger partial charge in [-0.3, -0.25) is 0 Å². The summed E-state index contributed by atoms with van der Waals surface area (Å²) in [6.07, 6.45) is 3.41. The Morgan fingerprint density at radius 3 is 2.59 bits per heavy atom. The Hall–Kier alpha value is -0.940. The van der Waals surface area contributed by atoms with E-state index in [9.17, 15) is 0 Å². The molecule has 1 aromatic rings. The lowest BCUT2D eigenvalue weighted by Crippen LogP contribution is -2.29. The molecule has 0 aromatic carbocycles. The van der Waals surface area contributed by atoms with E-state index in [0.717, 1.165) is 37.5 Å². The van der Waals surface area contributed by atoms with Crippen molar-refractivity contribution in [2.24, 2.45) is 5.73 Å². The average Bonchev–Trinajstić information content (AvgIpc) is 2.85. The van der Waals surface area contributed by atoms with E-state index in [1.165, 1.54) is 0 Å². The second kappa shape index (κ2) is 4.74. The maximum Gasteiger partial charge on any atom is 0.147 e. The summed E-state index contributed by atoms with van der Waals surface area (Å²) in [5.41, 5.74) is 5.68. The van der Waals surface area contributed by atoms with Crippen molar-refractivity contribution in [1.29, 1.82) is 0 Å². The summed E-state index contributed by atoms with van der Waals surface area (Å²) in [5, 5.41) is 8.45. The van der Waals surface area contributed by atoms with Crippen molar-refractivity contribution in [2.75, 3.05) is 6.61 Å². The first kappa shape index (κ1) is 12.5. The second-order valence-electron chi connectivity index (χ2n) is 5.58. The molecule has 0 spiro atoms. The smallest absolute Gasteiger partial charge is 0.147 e. The van der Waals surface area contributed by atoms with Gasteiger partial charge in [-0.1, -0.05) is 0 Å². The van der Waals surface area contributed by atoms with Gasteiger partial charge < -0.3 is 15.0 Å². The SMILES string of the molecule is CC(C)(C)n1c(CN)nnc1CC1CCCO1. The summed E-state index contributed by atoms with van der Waals surface area (Å²) < 4.78 is 7.80. The van der Waals surface area contributed by atoms with Crippen molar-refractivity contribution in [3.05, 3.63) is 11.6 Å². The van der Waals surface area contributed by atoms with Gasteiger partial charge in [0.05, 0.1) is 12.6 Å². The highest BCUT2D eigenvalue weighted by molar-refractivity contribution is 5.02. The normalized spacial score (nSPS) is 21.1. The Balaban J connectivity index is 2.23. The van der Waals surface area contributed by atoms with Crippen LogP contribution in [0.4, 0.5) is 0 Å². The number of hydrogen-bond donors (Lipinski definition) is 1. The molecule has 0 amide bonds. The average molecular weight is 238 g/mol. The highest BCUT2D eigenvalue weighted by Crippen LogP contribution is 2.22. The summed E-state index contributed by atoms with van der Waals surface area (Å²) >= 11 is 0. The second-order valence-corrected chi connectivity index (χ2v) is 5.58. The van der Waals surface area contributed by atoms with Crippen LogP contribution in [0.5, 0.6) is 0 Å². The Kier molecular flexibility index (Phi) is 3.49. The molecule has 0 aliphatic carbocycles. The van der Waals surface area contributed by atoms with E-state index in [4.69, 9.17) is 10.5 Å². The molecule has 1 saturated heterocycles. The van der Waals surface area contributed by atoms with Gasteiger partial charge in [0.15, 0.2) is 0 Å². The van der Waals surface area contributed by atoms with E-state index >= 15 is 0 Å². The zero-order valence-corrected chi connectivity index (χ0v) is 10.9. The number of rotatable bonds is 3. The monoisotopic (exact) mass is 238 g/mol. The number of nitrogens with zero attached hydrogens (tertiary/aromatic N) is 3. The third-order valence-electron chi connectivity index (χ3n) is 3.08. The van der Waals surface area contributed by atoms with E-state index in [2.05, 4.69) is 35.5 Å². The summed E-state index contributed by atoms with van der Waals surface area (Å²) in [6, 6.07) is 0. The van der Waals surface area contributed by atoms with Gasteiger partial charge in [-0.05, 0) is 33.6 Å². The van der Waals surface area contributed by atoms with Crippen LogP contribution in [0.15, 0.2) is 0 Å². The van der Waals surface area contributed by atoms with Crippen LogP contribution in [0.25, 0.3) is 0 Å². The topological polar surface area (TPSA) is 66.0 Å². The molecule has 0 saturated carbocycles. The maximum atomic E-state index is 5.71. The van der Waals surface area contributed by atoms with Crippen LogP contribution < -0.4 is 5.73 Å². The molecular weight excluding hydrogens is 216 g/mol. The first-order valence-corrected chi connectivity index (χ1v) is 6.27. The fourth-order valence-corrected chi connectivity index (χ4v) is 2.40. The minimum Gasteiger partial charge on any atom is -0.378 e. The van der Waals surface area contributed by atoms with Crippen LogP contribution in [0.3, 0.4) is 0 Å². The van der Waals surface area contributed by atoms with E-state index in [-0.39, 0.29) is 5.54 Å².